The largest absolute Gasteiger partial charge is 0.468 e. The third kappa shape index (κ3) is 1.99. The lowest BCUT2D eigenvalue weighted by Crippen LogP contribution is -2.41. The molecule has 1 fully saturated rings. The van der Waals surface area contributed by atoms with Crippen LogP contribution in [0.5, 0.6) is 0 Å². The molecule has 0 bridgehead atoms. The first-order valence-electron chi connectivity index (χ1n) is 7.94. The van der Waals surface area contributed by atoms with Gasteiger partial charge in [-0.05, 0) is 35.4 Å². The number of carbonyl (C=O) groups excluding carboxylic acids is 2. The first kappa shape index (κ1) is 16.1. The number of rotatable bonds is 2. The molecule has 0 amide bonds. The average Bonchev–Trinajstić information content (AvgIpc) is 3.08. The van der Waals surface area contributed by atoms with E-state index < -0.39 is 17.4 Å². The van der Waals surface area contributed by atoms with Crippen LogP contribution in [0.2, 0.25) is 0 Å². The summed E-state index contributed by atoms with van der Waals surface area (Å²) in [5.41, 5.74) is 1.56. The fourth-order valence-corrected chi connectivity index (χ4v) is 4.34. The van der Waals surface area contributed by atoms with E-state index in [-0.39, 0.29) is 5.78 Å². The lowest BCUT2D eigenvalue weighted by atomic mass is 9.77. The number of nitrogens with zero attached hydrogens (tertiary/aromatic N) is 1. The Morgan fingerprint density at radius 3 is 2.60 bits per heavy atom. The van der Waals surface area contributed by atoms with Gasteiger partial charge in [0.25, 0.3) is 0 Å². The van der Waals surface area contributed by atoms with Gasteiger partial charge in [0.05, 0.1) is 13.2 Å². The summed E-state index contributed by atoms with van der Waals surface area (Å²) < 4.78 is 6.03. The van der Waals surface area contributed by atoms with E-state index in [1.807, 2.05) is 42.5 Å². The van der Waals surface area contributed by atoms with Crippen molar-refractivity contribution < 1.29 is 14.3 Å². The van der Waals surface area contributed by atoms with E-state index in [1.54, 1.807) is 6.07 Å². The van der Waals surface area contributed by atoms with Crippen LogP contribution in [0.25, 0.3) is 0 Å². The number of ether oxygens (including phenoxy) is 1. The topological polar surface area (TPSA) is 46.6 Å². The molecule has 4 rings (SSSR count). The molecule has 0 radical (unpaired) electrons. The molecule has 126 valence electrons. The highest BCUT2D eigenvalue weighted by atomic mass is 79.9. The van der Waals surface area contributed by atoms with E-state index in [9.17, 15) is 9.59 Å². The molecule has 2 aromatic carbocycles. The predicted octanol–water partition coefficient (Wildman–Crippen LogP) is 3.92. The maximum Gasteiger partial charge on any atom is 0.326 e. The van der Waals surface area contributed by atoms with Crippen molar-refractivity contribution in [3.8, 4) is 0 Å². The first-order chi connectivity index (χ1) is 12.0. The van der Waals surface area contributed by atoms with Crippen molar-refractivity contribution in [2.45, 2.75) is 6.04 Å². The van der Waals surface area contributed by atoms with Gasteiger partial charge in [0.2, 0.25) is 0 Å². The van der Waals surface area contributed by atoms with Gasteiger partial charge in [-0.2, -0.15) is 0 Å². The summed E-state index contributed by atoms with van der Waals surface area (Å²) in [4.78, 5) is 28.1. The van der Waals surface area contributed by atoms with Gasteiger partial charge in [0.1, 0.15) is 0 Å². The van der Waals surface area contributed by atoms with Crippen molar-refractivity contribution in [2.75, 3.05) is 18.6 Å². The molecule has 0 N–H and O–H groups in total. The molecule has 1 aliphatic heterocycles. The number of hydrogen-bond acceptors (Lipinski definition) is 4. The zero-order valence-electron chi connectivity index (χ0n) is 13.7. The molecule has 25 heavy (non-hydrogen) atoms. The van der Waals surface area contributed by atoms with Gasteiger partial charge in [-0.1, -0.05) is 46.8 Å². The van der Waals surface area contributed by atoms with Crippen LogP contribution in [-0.4, -0.2) is 25.4 Å². The van der Waals surface area contributed by atoms with Gasteiger partial charge < -0.3 is 9.64 Å². The Morgan fingerprint density at radius 1 is 1.24 bits per heavy atom. The summed E-state index contributed by atoms with van der Waals surface area (Å²) >= 11 is 3.44. The number of fused-ring (bicyclic) bond motifs is 3. The number of carbonyl (C=O) groups is 2. The van der Waals surface area contributed by atoms with Crippen molar-refractivity contribution in [1.29, 1.82) is 0 Å². The van der Waals surface area contributed by atoms with Gasteiger partial charge in [0, 0.05) is 22.3 Å². The van der Waals surface area contributed by atoms with Gasteiger partial charge >= 0.3 is 5.97 Å². The van der Waals surface area contributed by atoms with E-state index in [1.165, 1.54) is 7.11 Å². The smallest absolute Gasteiger partial charge is 0.326 e. The maximum absolute atomic E-state index is 13.2. The SMILES string of the molecule is C=C1CN(c2ccc(Br)cc2)[C@H]2c3ccccc3C(=O)[C@@]12C(=O)OC. The van der Waals surface area contributed by atoms with Gasteiger partial charge in [-0.25, -0.2) is 0 Å². The highest BCUT2D eigenvalue weighted by molar-refractivity contribution is 9.10. The van der Waals surface area contributed by atoms with Crippen molar-refractivity contribution in [3.63, 3.8) is 0 Å². The Kier molecular flexibility index (Phi) is 3.58. The fraction of sp³-hybridized carbons (Fsp3) is 0.200. The molecule has 1 aliphatic carbocycles. The molecule has 0 spiro atoms. The van der Waals surface area contributed by atoms with Gasteiger partial charge in [0.15, 0.2) is 11.2 Å². The Bertz CT molecular complexity index is 905. The van der Waals surface area contributed by atoms with Gasteiger partial charge in [-0.15, -0.1) is 0 Å². The number of hydrogen-bond donors (Lipinski definition) is 0. The summed E-state index contributed by atoms with van der Waals surface area (Å²) in [6, 6.07) is 14.8. The standard InChI is InChI=1S/C20H16BrNO3/c1-12-11-22(14-9-7-13(21)8-10-14)17-15-5-3-4-6-16(15)18(23)20(12,17)19(24)25-2/h3-10,17H,1,11H2,2H3/t17-,20+/m0/s1. The highest BCUT2D eigenvalue weighted by Crippen LogP contribution is 2.58. The second-order valence-electron chi connectivity index (χ2n) is 6.33. The maximum atomic E-state index is 13.2. The van der Waals surface area contributed by atoms with Crippen molar-refractivity contribution in [3.05, 3.63) is 76.3 Å². The van der Waals surface area contributed by atoms with Crippen LogP contribution in [0.3, 0.4) is 0 Å². The molecule has 4 nitrogen and oxygen atoms in total. The number of Topliss-reactive ketones (excluding diaryl/α,β-unsaturated/α-hetero) is 1. The van der Waals surface area contributed by atoms with E-state index in [0.29, 0.717) is 17.7 Å². The lowest BCUT2D eigenvalue weighted by molar-refractivity contribution is -0.147. The predicted molar refractivity (Wildman–Crippen MR) is 98.6 cm³/mol. The number of ketones is 1. The Hall–Kier alpha value is -2.40. The van der Waals surface area contributed by atoms with E-state index in [0.717, 1.165) is 15.7 Å². The monoisotopic (exact) mass is 397 g/mol. The quantitative estimate of drug-likeness (QED) is 0.437. The molecule has 0 unspecified atom stereocenters. The van der Waals surface area contributed by atoms with Crippen molar-refractivity contribution in [1.82, 2.24) is 0 Å². The third-order valence-electron chi connectivity index (χ3n) is 5.16. The third-order valence-corrected chi connectivity index (χ3v) is 5.69. The van der Waals surface area contributed by atoms with Crippen LogP contribution in [0.15, 0.2) is 65.2 Å². The van der Waals surface area contributed by atoms with Crippen LogP contribution < -0.4 is 4.90 Å². The van der Waals surface area contributed by atoms with Crippen LogP contribution >= 0.6 is 15.9 Å². The Morgan fingerprint density at radius 2 is 1.92 bits per heavy atom. The van der Waals surface area contributed by atoms with Crippen molar-refractivity contribution in [2.24, 2.45) is 5.41 Å². The molecule has 2 aliphatic rings. The van der Waals surface area contributed by atoms with Crippen LogP contribution in [0, 0.1) is 5.41 Å². The van der Waals surface area contributed by atoms with Crippen LogP contribution in [0.1, 0.15) is 22.0 Å². The second-order valence-corrected chi connectivity index (χ2v) is 7.24. The first-order valence-corrected chi connectivity index (χ1v) is 8.73. The highest BCUT2D eigenvalue weighted by Gasteiger charge is 2.66. The molecule has 1 heterocycles. The summed E-state index contributed by atoms with van der Waals surface area (Å²) in [6.07, 6.45) is 0. The normalized spacial score (nSPS) is 24.2. The summed E-state index contributed by atoms with van der Waals surface area (Å²) in [7, 11) is 1.32. The minimum Gasteiger partial charge on any atom is -0.468 e. The number of halogens is 1. The molecular formula is C20H16BrNO3. The number of methoxy groups -OCH3 is 1. The molecule has 1 saturated heterocycles. The van der Waals surface area contributed by atoms with Gasteiger partial charge in [-0.3, -0.25) is 9.59 Å². The molecule has 0 saturated carbocycles. The summed E-state index contributed by atoms with van der Waals surface area (Å²) in [5, 5.41) is 0. The molecule has 0 aromatic heterocycles. The number of esters is 1. The fourth-order valence-electron chi connectivity index (χ4n) is 4.07. The minimum absolute atomic E-state index is 0.218. The molecule has 5 heteroatoms. The molecular weight excluding hydrogens is 382 g/mol. The minimum atomic E-state index is -1.37. The lowest BCUT2D eigenvalue weighted by Gasteiger charge is -2.30. The summed E-state index contributed by atoms with van der Waals surface area (Å²) in [6.45, 7) is 4.52. The van der Waals surface area contributed by atoms with E-state index in [4.69, 9.17) is 4.74 Å². The second kappa shape index (κ2) is 5.56. The zero-order chi connectivity index (χ0) is 17.8. The molecule has 2 aromatic rings. The van der Waals surface area contributed by atoms with Crippen LogP contribution in [-0.2, 0) is 9.53 Å². The number of benzene rings is 2. The Balaban J connectivity index is 1.95. The average molecular weight is 398 g/mol. The van der Waals surface area contributed by atoms with E-state index >= 15 is 0 Å². The van der Waals surface area contributed by atoms with Crippen LogP contribution in [0.4, 0.5) is 5.69 Å². The number of anilines is 1. The van der Waals surface area contributed by atoms with Crippen molar-refractivity contribution >= 4 is 33.4 Å². The Labute approximate surface area is 154 Å². The summed E-state index contributed by atoms with van der Waals surface area (Å²) in [5.74, 6) is -0.757. The van der Waals surface area contributed by atoms with E-state index in [2.05, 4.69) is 27.4 Å². The molecule has 2 atom stereocenters. The zero-order valence-corrected chi connectivity index (χ0v) is 15.2.